The fourth-order valence-electron chi connectivity index (χ4n) is 1.72. The first-order valence-electron chi connectivity index (χ1n) is 5.57. The summed E-state index contributed by atoms with van der Waals surface area (Å²) in [5.74, 6) is 0. The zero-order valence-corrected chi connectivity index (χ0v) is 10.3. The molecule has 2 amide bonds. The highest BCUT2D eigenvalue weighted by Crippen LogP contribution is 2.22. The van der Waals surface area contributed by atoms with Crippen molar-refractivity contribution in [3.05, 3.63) is 30.0 Å². The van der Waals surface area contributed by atoms with E-state index in [0.717, 1.165) is 22.2 Å². The molecule has 1 aromatic carbocycles. The SMILES string of the molecule is CN(C)C(=O)Nc1ccc2[nH]cc(CC#N)c2c1. The number of nitriles is 1. The van der Waals surface area contributed by atoms with Crippen LogP contribution in [0.1, 0.15) is 5.56 Å². The Morgan fingerprint density at radius 3 is 2.94 bits per heavy atom. The number of amides is 2. The van der Waals surface area contributed by atoms with Crippen molar-refractivity contribution in [3.8, 4) is 6.07 Å². The Labute approximate surface area is 105 Å². The molecule has 2 N–H and O–H groups in total. The summed E-state index contributed by atoms with van der Waals surface area (Å²) in [5.41, 5.74) is 2.62. The van der Waals surface area contributed by atoms with Crippen LogP contribution >= 0.6 is 0 Å². The summed E-state index contributed by atoms with van der Waals surface area (Å²) in [6, 6.07) is 7.55. The van der Waals surface area contributed by atoms with Crippen molar-refractivity contribution in [1.82, 2.24) is 9.88 Å². The van der Waals surface area contributed by atoms with Crippen molar-refractivity contribution in [1.29, 1.82) is 5.26 Å². The minimum absolute atomic E-state index is 0.174. The van der Waals surface area contributed by atoms with Gasteiger partial charge >= 0.3 is 6.03 Å². The van der Waals surface area contributed by atoms with E-state index in [1.165, 1.54) is 4.90 Å². The fraction of sp³-hybridized carbons (Fsp3) is 0.231. The van der Waals surface area contributed by atoms with Crippen LogP contribution in [0.4, 0.5) is 10.5 Å². The molecule has 0 saturated heterocycles. The number of carbonyl (C=O) groups is 1. The number of urea groups is 1. The van der Waals surface area contributed by atoms with Gasteiger partial charge in [-0.3, -0.25) is 0 Å². The number of H-pyrrole nitrogens is 1. The zero-order valence-electron chi connectivity index (χ0n) is 10.3. The second kappa shape index (κ2) is 4.80. The number of benzene rings is 1. The van der Waals surface area contributed by atoms with Crippen molar-refractivity contribution in [2.24, 2.45) is 0 Å². The monoisotopic (exact) mass is 242 g/mol. The normalized spacial score (nSPS) is 10.1. The molecule has 0 bridgehead atoms. The third-order valence-electron chi connectivity index (χ3n) is 2.69. The molecule has 0 atom stereocenters. The van der Waals surface area contributed by atoms with E-state index in [9.17, 15) is 4.79 Å². The highest BCUT2D eigenvalue weighted by Gasteiger charge is 2.07. The number of aromatic amines is 1. The maximum atomic E-state index is 11.6. The summed E-state index contributed by atoms with van der Waals surface area (Å²) in [5, 5.41) is 12.5. The van der Waals surface area contributed by atoms with Crippen LogP contribution in [0.3, 0.4) is 0 Å². The molecular weight excluding hydrogens is 228 g/mol. The van der Waals surface area contributed by atoms with Crippen LogP contribution in [0.5, 0.6) is 0 Å². The first kappa shape index (κ1) is 12.0. The highest BCUT2D eigenvalue weighted by atomic mass is 16.2. The number of carbonyl (C=O) groups excluding carboxylic acids is 1. The first-order chi connectivity index (χ1) is 8.61. The summed E-state index contributed by atoms with van der Waals surface area (Å²) < 4.78 is 0. The Morgan fingerprint density at radius 2 is 2.28 bits per heavy atom. The van der Waals surface area contributed by atoms with Gasteiger partial charge in [-0.05, 0) is 23.8 Å². The number of hydrogen-bond donors (Lipinski definition) is 2. The molecule has 2 rings (SSSR count). The predicted octanol–water partition coefficient (Wildman–Crippen LogP) is 2.33. The summed E-state index contributed by atoms with van der Waals surface area (Å²) in [6.07, 6.45) is 2.18. The standard InChI is InChI=1S/C13H14N4O/c1-17(2)13(18)16-10-3-4-12-11(7-10)9(5-6-14)8-15-12/h3-4,7-8,15H,5H2,1-2H3,(H,16,18). The number of nitrogens with zero attached hydrogens (tertiary/aromatic N) is 2. The van der Waals surface area contributed by atoms with Gasteiger partial charge in [0.05, 0.1) is 12.5 Å². The van der Waals surface area contributed by atoms with E-state index in [2.05, 4.69) is 16.4 Å². The number of aromatic nitrogens is 1. The lowest BCUT2D eigenvalue weighted by molar-refractivity contribution is 0.230. The Hall–Kier alpha value is -2.48. The quantitative estimate of drug-likeness (QED) is 0.848. The number of fused-ring (bicyclic) bond motifs is 1. The summed E-state index contributed by atoms with van der Waals surface area (Å²) in [4.78, 5) is 16.1. The smallest absolute Gasteiger partial charge is 0.321 e. The Balaban J connectivity index is 2.34. The van der Waals surface area contributed by atoms with Gasteiger partial charge in [-0.1, -0.05) is 0 Å². The molecule has 5 nitrogen and oxygen atoms in total. The van der Waals surface area contributed by atoms with Crippen molar-refractivity contribution in [2.75, 3.05) is 19.4 Å². The minimum Gasteiger partial charge on any atom is -0.361 e. The largest absolute Gasteiger partial charge is 0.361 e. The van der Waals surface area contributed by atoms with Crippen LogP contribution in [-0.4, -0.2) is 30.0 Å². The topological polar surface area (TPSA) is 71.9 Å². The number of nitrogens with one attached hydrogen (secondary N) is 2. The molecule has 0 aliphatic rings. The van der Waals surface area contributed by atoms with E-state index in [1.54, 1.807) is 14.1 Å². The van der Waals surface area contributed by atoms with E-state index in [0.29, 0.717) is 6.42 Å². The van der Waals surface area contributed by atoms with Crippen LogP contribution in [0.2, 0.25) is 0 Å². The van der Waals surface area contributed by atoms with Crippen molar-refractivity contribution >= 4 is 22.6 Å². The number of rotatable bonds is 2. The molecule has 1 aromatic heterocycles. The van der Waals surface area contributed by atoms with E-state index >= 15 is 0 Å². The second-order valence-corrected chi connectivity index (χ2v) is 4.23. The van der Waals surface area contributed by atoms with Gasteiger partial charge in [0.15, 0.2) is 0 Å². The summed E-state index contributed by atoms with van der Waals surface area (Å²) in [6.45, 7) is 0. The molecule has 0 saturated carbocycles. The predicted molar refractivity (Wildman–Crippen MR) is 70.3 cm³/mol. The molecule has 18 heavy (non-hydrogen) atoms. The van der Waals surface area contributed by atoms with Gasteiger partial charge in [-0.15, -0.1) is 0 Å². The van der Waals surface area contributed by atoms with E-state index in [-0.39, 0.29) is 6.03 Å². The number of hydrogen-bond acceptors (Lipinski definition) is 2. The second-order valence-electron chi connectivity index (χ2n) is 4.23. The molecule has 92 valence electrons. The minimum atomic E-state index is -0.174. The molecule has 0 aliphatic heterocycles. The lowest BCUT2D eigenvalue weighted by atomic mass is 10.1. The van der Waals surface area contributed by atoms with Gasteiger partial charge in [-0.2, -0.15) is 5.26 Å². The molecule has 1 heterocycles. The Bertz CT molecular complexity index is 621. The van der Waals surface area contributed by atoms with E-state index in [4.69, 9.17) is 5.26 Å². The molecule has 2 aromatic rings. The van der Waals surface area contributed by atoms with Crippen molar-refractivity contribution in [2.45, 2.75) is 6.42 Å². The van der Waals surface area contributed by atoms with Crippen LogP contribution < -0.4 is 5.32 Å². The number of anilines is 1. The maximum Gasteiger partial charge on any atom is 0.321 e. The van der Waals surface area contributed by atoms with E-state index < -0.39 is 0 Å². The molecule has 0 radical (unpaired) electrons. The van der Waals surface area contributed by atoms with Crippen LogP contribution in [0.25, 0.3) is 10.9 Å². The van der Waals surface area contributed by atoms with Gasteiger partial charge in [-0.25, -0.2) is 4.79 Å². The average Bonchev–Trinajstić information content (AvgIpc) is 2.72. The van der Waals surface area contributed by atoms with Gasteiger partial charge in [0.25, 0.3) is 0 Å². The average molecular weight is 242 g/mol. The third-order valence-corrected chi connectivity index (χ3v) is 2.69. The highest BCUT2D eigenvalue weighted by molar-refractivity contribution is 5.93. The molecule has 0 aliphatic carbocycles. The fourth-order valence-corrected chi connectivity index (χ4v) is 1.72. The first-order valence-corrected chi connectivity index (χ1v) is 5.57. The summed E-state index contributed by atoms with van der Waals surface area (Å²) in [7, 11) is 3.37. The Kier molecular flexibility index (Phi) is 3.20. The van der Waals surface area contributed by atoms with Crippen LogP contribution in [-0.2, 0) is 6.42 Å². The molecule has 5 heteroatoms. The maximum absolute atomic E-state index is 11.6. The zero-order chi connectivity index (χ0) is 13.1. The van der Waals surface area contributed by atoms with Gasteiger partial charge in [0.2, 0.25) is 0 Å². The molecular formula is C13H14N4O. The van der Waals surface area contributed by atoms with Crippen LogP contribution in [0, 0.1) is 11.3 Å². The van der Waals surface area contributed by atoms with Crippen LogP contribution in [0.15, 0.2) is 24.4 Å². The van der Waals surface area contributed by atoms with Crippen molar-refractivity contribution in [3.63, 3.8) is 0 Å². The van der Waals surface area contributed by atoms with Gasteiger partial charge in [0, 0.05) is 36.9 Å². The summed E-state index contributed by atoms with van der Waals surface area (Å²) >= 11 is 0. The lowest BCUT2D eigenvalue weighted by Gasteiger charge is -2.12. The van der Waals surface area contributed by atoms with E-state index in [1.807, 2.05) is 24.4 Å². The van der Waals surface area contributed by atoms with Gasteiger partial charge in [0.1, 0.15) is 0 Å². The molecule has 0 spiro atoms. The molecule has 0 unspecified atom stereocenters. The Morgan fingerprint density at radius 1 is 1.50 bits per heavy atom. The molecule has 0 fully saturated rings. The lowest BCUT2D eigenvalue weighted by Crippen LogP contribution is -2.27. The van der Waals surface area contributed by atoms with Gasteiger partial charge < -0.3 is 15.2 Å². The third kappa shape index (κ3) is 2.28. The van der Waals surface area contributed by atoms with Crippen molar-refractivity contribution < 1.29 is 4.79 Å².